The molecule has 0 saturated heterocycles. The van der Waals surface area contributed by atoms with Crippen molar-refractivity contribution in [2.75, 3.05) is 7.11 Å². The van der Waals surface area contributed by atoms with Gasteiger partial charge in [-0.15, -0.1) is 0 Å². The Morgan fingerprint density at radius 2 is 2.12 bits per heavy atom. The molecule has 7 heteroatoms. The predicted octanol–water partition coefficient (Wildman–Crippen LogP) is 2.48. The highest BCUT2D eigenvalue weighted by Gasteiger charge is 2.20. The number of nitrogens with zero attached hydrogens (tertiary/aromatic N) is 1. The van der Waals surface area contributed by atoms with Gasteiger partial charge in [-0.25, -0.2) is 9.78 Å². The number of carboxylic acid groups (broad SMARTS) is 1. The Morgan fingerprint density at radius 3 is 2.67 bits per heavy atom. The number of carbonyl (C=O) groups is 1. The number of aromatic nitrogens is 3. The number of aromatic carboxylic acids is 1. The number of pyridine rings is 1. The van der Waals surface area contributed by atoms with Gasteiger partial charge in [0.05, 0.1) is 18.4 Å². The Balaban J connectivity index is 2.59. The SMILES string of the molecule is COc1[nH]c(/C=C\c2ncc[nH]2)c(C(=O)O)c(=O)c1CC=C(C)C. The molecule has 0 fully saturated rings. The lowest BCUT2D eigenvalue weighted by atomic mass is 10.1. The first-order chi connectivity index (χ1) is 11.4. The van der Waals surface area contributed by atoms with Crippen molar-refractivity contribution < 1.29 is 14.6 Å². The maximum Gasteiger partial charge on any atom is 0.341 e. The lowest BCUT2D eigenvalue weighted by Crippen LogP contribution is -2.22. The molecule has 0 aliphatic heterocycles. The number of rotatable bonds is 6. The van der Waals surface area contributed by atoms with E-state index in [9.17, 15) is 14.7 Å². The van der Waals surface area contributed by atoms with Crippen molar-refractivity contribution in [3.05, 3.63) is 56.9 Å². The summed E-state index contributed by atoms with van der Waals surface area (Å²) in [6, 6.07) is 0. The summed E-state index contributed by atoms with van der Waals surface area (Å²) in [5.74, 6) is -0.502. The number of H-pyrrole nitrogens is 2. The Bertz CT molecular complexity index is 841. The van der Waals surface area contributed by atoms with Crippen LogP contribution in [0.3, 0.4) is 0 Å². The van der Waals surface area contributed by atoms with Crippen LogP contribution in [0.25, 0.3) is 12.2 Å². The number of hydrogen-bond acceptors (Lipinski definition) is 4. The highest BCUT2D eigenvalue weighted by atomic mass is 16.5. The number of ether oxygens (including phenoxy) is 1. The first kappa shape index (κ1) is 17.3. The molecule has 2 rings (SSSR count). The molecule has 0 saturated carbocycles. The number of allylic oxidation sites excluding steroid dienone is 2. The Hall–Kier alpha value is -3.09. The summed E-state index contributed by atoms with van der Waals surface area (Å²) in [5, 5.41) is 9.44. The van der Waals surface area contributed by atoms with E-state index < -0.39 is 11.4 Å². The van der Waals surface area contributed by atoms with Crippen LogP contribution in [-0.2, 0) is 6.42 Å². The zero-order valence-corrected chi connectivity index (χ0v) is 13.7. The molecule has 0 aliphatic rings. The summed E-state index contributed by atoms with van der Waals surface area (Å²) in [4.78, 5) is 33.9. The average Bonchev–Trinajstić information content (AvgIpc) is 3.03. The predicted molar refractivity (Wildman–Crippen MR) is 91.2 cm³/mol. The lowest BCUT2D eigenvalue weighted by Gasteiger charge is -2.10. The third-order valence-electron chi connectivity index (χ3n) is 3.35. The first-order valence-electron chi connectivity index (χ1n) is 7.31. The van der Waals surface area contributed by atoms with Crippen molar-refractivity contribution in [1.82, 2.24) is 15.0 Å². The first-order valence-corrected chi connectivity index (χ1v) is 7.31. The Labute approximate surface area is 138 Å². The molecule has 0 radical (unpaired) electrons. The second-order valence-electron chi connectivity index (χ2n) is 5.35. The van der Waals surface area contributed by atoms with Crippen molar-refractivity contribution in [2.45, 2.75) is 20.3 Å². The molecule has 0 spiro atoms. The molecule has 126 valence electrons. The third kappa shape index (κ3) is 3.81. The average molecular weight is 329 g/mol. The molecule has 2 heterocycles. The van der Waals surface area contributed by atoms with E-state index >= 15 is 0 Å². The second kappa shape index (κ2) is 7.45. The van der Waals surface area contributed by atoms with Crippen LogP contribution < -0.4 is 10.2 Å². The minimum atomic E-state index is -1.29. The van der Waals surface area contributed by atoms with E-state index in [1.54, 1.807) is 18.5 Å². The molecule has 0 bridgehead atoms. The molecule has 0 unspecified atom stereocenters. The number of hydrogen-bond donors (Lipinski definition) is 3. The van der Waals surface area contributed by atoms with Crippen molar-refractivity contribution in [1.29, 1.82) is 0 Å². The minimum absolute atomic E-state index is 0.154. The smallest absolute Gasteiger partial charge is 0.341 e. The number of nitrogens with one attached hydrogen (secondary N) is 2. The van der Waals surface area contributed by atoms with Gasteiger partial charge in [0.2, 0.25) is 5.43 Å². The molecule has 7 nitrogen and oxygen atoms in total. The highest BCUT2D eigenvalue weighted by molar-refractivity contribution is 5.92. The molecule has 2 aromatic heterocycles. The van der Waals surface area contributed by atoms with Gasteiger partial charge in [0, 0.05) is 12.4 Å². The number of carboxylic acids is 1. The maximum atomic E-state index is 12.6. The molecule has 2 aromatic rings. The van der Waals surface area contributed by atoms with E-state index in [2.05, 4.69) is 15.0 Å². The number of aromatic amines is 2. The fraction of sp³-hybridized carbons (Fsp3) is 0.235. The highest BCUT2D eigenvalue weighted by Crippen LogP contribution is 2.18. The van der Waals surface area contributed by atoms with E-state index in [4.69, 9.17) is 4.74 Å². The molecule has 0 aromatic carbocycles. The van der Waals surface area contributed by atoms with Crippen molar-refractivity contribution in [2.24, 2.45) is 0 Å². The number of imidazole rings is 1. The van der Waals surface area contributed by atoms with Gasteiger partial charge in [0.1, 0.15) is 11.4 Å². The summed E-state index contributed by atoms with van der Waals surface area (Å²) in [6.07, 6.45) is 8.41. The summed E-state index contributed by atoms with van der Waals surface area (Å²) in [6.45, 7) is 3.80. The van der Waals surface area contributed by atoms with Gasteiger partial charge in [-0.3, -0.25) is 4.79 Å². The van der Waals surface area contributed by atoms with Crippen LogP contribution in [0.15, 0.2) is 28.8 Å². The topological polar surface area (TPSA) is 108 Å². The van der Waals surface area contributed by atoms with Crippen molar-refractivity contribution in [3.8, 4) is 5.88 Å². The molecular formula is C17H19N3O4. The zero-order chi connectivity index (χ0) is 17.7. The van der Waals surface area contributed by atoms with Crippen LogP contribution in [0.1, 0.15) is 41.3 Å². The van der Waals surface area contributed by atoms with Crippen molar-refractivity contribution >= 4 is 18.1 Å². The quantitative estimate of drug-likeness (QED) is 0.706. The summed E-state index contributed by atoms with van der Waals surface area (Å²) in [7, 11) is 1.43. The normalized spacial score (nSPS) is 10.8. The molecule has 0 aliphatic carbocycles. The van der Waals surface area contributed by atoms with Gasteiger partial charge >= 0.3 is 5.97 Å². The van der Waals surface area contributed by atoms with Crippen LogP contribution in [0.4, 0.5) is 0 Å². The molecule has 0 atom stereocenters. The largest absolute Gasteiger partial charge is 0.482 e. The second-order valence-corrected chi connectivity index (χ2v) is 5.35. The van der Waals surface area contributed by atoms with Gasteiger partial charge < -0.3 is 19.8 Å². The monoisotopic (exact) mass is 329 g/mol. The van der Waals surface area contributed by atoms with E-state index in [0.29, 0.717) is 12.2 Å². The molecule has 3 N–H and O–H groups in total. The van der Waals surface area contributed by atoms with Crippen molar-refractivity contribution in [3.63, 3.8) is 0 Å². The molecule has 0 amide bonds. The minimum Gasteiger partial charge on any atom is -0.482 e. The van der Waals surface area contributed by atoms with Crippen LogP contribution in [0.2, 0.25) is 0 Å². The van der Waals surface area contributed by atoms with E-state index in [1.807, 2.05) is 19.9 Å². The van der Waals surface area contributed by atoms with E-state index in [1.165, 1.54) is 13.2 Å². The third-order valence-corrected chi connectivity index (χ3v) is 3.35. The molecule has 24 heavy (non-hydrogen) atoms. The van der Waals surface area contributed by atoms with Gasteiger partial charge in [-0.2, -0.15) is 0 Å². The fourth-order valence-corrected chi connectivity index (χ4v) is 2.17. The van der Waals surface area contributed by atoms with Crippen LogP contribution in [0, 0.1) is 0 Å². The van der Waals surface area contributed by atoms with E-state index in [-0.39, 0.29) is 22.7 Å². The van der Waals surface area contributed by atoms with Crippen LogP contribution >= 0.6 is 0 Å². The summed E-state index contributed by atoms with van der Waals surface area (Å²) < 4.78 is 5.24. The van der Waals surface area contributed by atoms with E-state index in [0.717, 1.165) is 5.57 Å². The van der Waals surface area contributed by atoms with Gasteiger partial charge in [0.15, 0.2) is 5.88 Å². The number of methoxy groups -OCH3 is 1. The molecular weight excluding hydrogens is 310 g/mol. The van der Waals surface area contributed by atoms with Crippen LogP contribution in [-0.4, -0.2) is 33.1 Å². The Morgan fingerprint density at radius 1 is 1.38 bits per heavy atom. The summed E-state index contributed by atoms with van der Waals surface area (Å²) in [5.41, 5.74) is 0.577. The summed E-state index contributed by atoms with van der Waals surface area (Å²) >= 11 is 0. The van der Waals surface area contributed by atoms with Gasteiger partial charge in [-0.05, 0) is 32.4 Å². The fourth-order valence-electron chi connectivity index (χ4n) is 2.17. The standard InChI is InChI=1S/C17H19N3O4/c1-10(2)4-5-11-15(21)14(17(22)23)12(20-16(11)24-3)6-7-13-18-8-9-19-13/h4,6-9H,5H2,1-3H3,(H,18,19)(H,20,21)(H,22,23)/b7-6-. The zero-order valence-electron chi connectivity index (χ0n) is 13.7. The maximum absolute atomic E-state index is 12.6. The Kier molecular flexibility index (Phi) is 5.36. The van der Waals surface area contributed by atoms with Crippen LogP contribution in [0.5, 0.6) is 5.88 Å². The lowest BCUT2D eigenvalue weighted by molar-refractivity contribution is 0.0694. The van der Waals surface area contributed by atoms with Gasteiger partial charge in [-0.1, -0.05) is 11.6 Å². The van der Waals surface area contributed by atoms with Gasteiger partial charge in [0.25, 0.3) is 0 Å².